The van der Waals surface area contributed by atoms with Crippen LogP contribution in [-0.4, -0.2) is 68.4 Å². The van der Waals surface area contributed by atoms with E-state index in [9.17, 15) is 23.1 Å². The molecule has 0 spiro atoms. The summed E-state index contributed by atoms with van der Waals surface area (Å²) in [4.78, 5) is 27.2. The van der Waals surface area contributed by atoms with Crippen molar-refractivity contribution in [2.75, 3.05) is 25.9 Å². The number of rotatable bonds is 11. The molecule has 0 amide bonds. The van der Waals surface area contributed by atoms with Crippen molar-refractivity contribution in [3.05, 3.63) is 12.2 Å². The van der Waals surface area contributed by atoms with Gasteiger partial charge in [0.15, 0.2) is 0 Å². The number of sulfonamides is 1. The van der Waals surface area contributed by atoms with Gasteiger partial charge in [0, 0.05) is 18.0 Å². The summed E-state index contributed by atoms with van der Waals surface area (Å²) in [6, 6.07) is 0.0273. The van der Waals surface area contributed by atoms with Crippen LogP contribution >= 0.6 is 0 Å². The topological polar surface area (TPSA) is 113 Å². The molecule has 0 bridgehead atoms. The Morgan fingerprint density at radius 3 is 2.27 bits per heavy atom. The highest BCUT2D eigenvalue weighted by Gasteiger charge is 2.71. The van der Waals surface area contributed by atoms with E-state index in [1.54, 1.807) is 0 Å². The van der Waals surface area contributed by atoms with Gasteiger partial charge in [-0.25, -0.2) is 13.1 Å². The van der Waals surface area contributed by atoms with Gasteiger partial charge in [0.25, 0.3) is 0 Å². The summed E-state index contributed by atoms with van der Waals surface area (Å²) in [7, 11) is -3.19. The fourth-order valence-corrected chi connectivity index (χ4v) is 15.6. The number of ether oxygens (including phenoxy) is 1. The van der Waals surface area contributed by atoms with E-state index >= 15 is 0 Å². The minimum atomic E-state index is -3.19. The molecule has 1 heterocycles. The number of carbonyl (C=O) groups is 2. The molecule has 296 valence electrons. The molecule has 11 atom stereocenters. The van der Waals surface area contributed by atoms with Crippen LogP contribution in [0.25, 0.3) is 0 Å². The predicted molar refractivity (Wildman–Crippen MR) is 207 cm³/mol. The number of fused-ring (bicyclic) bond motifs is 7. The maximum atomic E-state index is 13.2. The number of nitrogens with one attached hydrogen (secondary N) is 1. The first-order chi connectivity index (χ1) is 24.0. The minimum absolute atomic E-state index is 0.0273. The molecule has 9 heteroatoms. The van der Waals surface area contributed by atoms with Crippen LogP contribution in [0.3, 0.4) is 0 Å². The van der Waals surface area contributed by atoms with E-state index in [2.05, 4.69) is 57.7 Å². The maximum Gasteiger partial charge on any atom is 0.306 e. The summed E-state index contributed by atoms with van der Waals surface area (Å²) in [6.45, 7) is 26.1. The molecule has 0 aromatic carbocycles. The Morgan fingerprint density at radius 2 is 1.62 bits per heavy atom. The Bertz CT molecular complexity index is 1520. The highest BCUT2D eigenvalue weighted by atomic mass is 32.2. The molecule has 1 unspecified atom stereocenters. The first kappa shape index (κ1) is 40.2. The number of aliphatic carboxylic acids is 1. The van der Waals surface area contributed by atoms with E-state index in [-0.39, 0.29) is 52.6 Å². The summed E-state index contributed by atoms with van der Waals surface area (Å²) in [5.74, 6) is 1.89. The van der Waals surface area contributed by atoms with Gasteiger partial charge in [-0.05, 0) is 154 Å². The number of hydrogen-bond acceptors (Lipinski definition) is 6. The smallest absolute Gasteiger partial charge is 0.306 e. The van der Waals surface area contributed by atoms with E-state index in [1.165, 1.54) is 63.2 Å². The van der Waals surface area contributed by atoms with Gasteiger partial charge in [-0.2, -0.15) is 0 Å². The molecule has 8 nitrogen and oxygen atoms in total. The van der Waals surface area contributed by atoms with Crippen molar-refractivity contribution < 1.29 is 27.9 Å². The number of esters is 1. The lowest BCUT2D eigenvalue weighted by Crippen LogP contribution is -2.66. The third kappa shape index (κ3) is 6.96. The molecule has 52 heavy (non-hydrogen) atoms. The van der Waals surface area contributed by atoms with Gasteiger partial charge < -0.3 is 14.7 Å². The molecule has 0 radical (unpaired) electrons. The summed E-state index contributed by atoms with van der Waals surface area (Å²) in [5, 5.41) is 9.35. The van der Waals surface area contributed by atoms with Crippen LogP contribution in [0, 0.1) is 62.1 Å². The number of carboxylic acid groups (broad SMARTS) is 1. The van der Waals surface area contributed by atoms with Crippen LogP contribution in [0.5, 0.6) is 0 Å². The number of nitrogens with zero attached hydrogens (tertiary/aromatic N) is 1. The van der Waals surface area contributed by atoms with Crippen LogP contribution in [0.1, 0.15) is 145 Å². The van der Waals surface area contributed by atoms with Gasteiger partial charge in [-0.15, -0.1) is 0 Å². The number of likely N-dealkylation sites (tertiary alicyclic amines) is 1. The lowest BCUT2D eigenvalue weighted by molar-refractivity contribution is -0.250. The zero-order valence-electron chi connectivity index (χ0n) is 34.1. The normalized spacial score (nSPS) is 43.1. The van der Waals surface area contributed by atoms with Crippen LogP contribution in [0.2, 0.25) is 0 Å². The second-order valence-corrected chi connectivity index (χ2v) is 23.0. The van der Waals surface area contributed by atoms with Gasteiger partial charge in [0.2, 0.25) is 10.0 Å². The Kier molecular flexibility index (Phi) is 10.5. The maximum absolute atomic E-state index is 13.2. The van der Waals surface area contributed by atoms with Crippen LogP contribution < -0.4 is 4.72 Å². The fourth-order valence-electron chi connectivity index (χ4n) is 14.8. The van der Waals surface area contributed by atoms with Crippen molar-refractivity contribution in [2.24, 2.45) is 62.1 Å². The summed E-state index contributed by atoms with van der Waals surface area (Å²) >= 11 is 0. The van der Waals surface area contributed by atoms with Crippen LogP contribution in [0.15, 0.2) is 12.2 Å². The highest BCUT2D eigenvalue weighted by Crippen LogP contribution is 2.78. The first-order valence-electron chi connectivity index (χ1n) is 20.7. The summed E-state index contributed by atoms with van der Waals surface area (Å²) < 4.78 is 33.0. The van der Waals surface area contributed by atoms with E-state index in [4.69, 9.17) is 4.74 Å². The number of carboxylic acids is 1. The van der Waals surface area contributed by atoms with Crippen LogP contribution in [0.4, 0.5) is 0 Å². The van der Waals surface area contributed by atoms with Crippen molar-refractivity contribution >= 4 is 22.0 Å². The first-order valence-corrected chi connectivity index (χ1v) is 22.6. The third-order valence-corrected chi connectivity index (χ3v) is 18.0. The van der Waals surface area contributed by atoms with Crippen molar-refractivity contribution in [1.82, 2.24) is 9.62 Å². The van der Waals surface area contributed by atoms with Gasteiger partial charge in [-0.3, -0.25) is 9.59 Å². The Balaban J connectivity index is 1.19. The lowest BCUT2D eigenvalue weighted by Gasteiger charge is -2.73. The predicted octanol–water partition coefficient (Wildman–Crippen LogP) is 8.46. The largest absolute Gasteiger partial charge is 0.481 e. The van der Waals surface area contributed by atoms with Gasteiger partial charge >= 0.3 is 11.9 Å². The molecule has 6 aliphatic rings. The number of hydrogen-bond donors (Lipinski definition) is 2. The Hall–Kier alpha value is -1.45. The van der Waals surface area contributed by atoms with Crippen LogP contribution in [-0.2, 0) is 24.3 Å². The Morgan fingerprint density at radius 1 is 0.904 bits per heavy atom. The SMILES string of the molecule is C=C(C)[C@@H]1CC[C@]2(CCN3CCC(NS(C)(=O)=O)C3)CC[C@]3(C)[C@H](CC[C@@H]4[C@@]5(C)CC[C@H](OC(=O)CC(C)(C)CC(=O)O)C(C)(C)[C@@H]5CC[C@]43C)[C@@H]12. The third-order valence-electron chi connectivity index (χ3n) is 17.3. The fraction of sp³-hybridized carbons (Fsp3) is 0.907. The quantitative estimate of drug-likeness (QED) is 0.161. The molecule has 6 rings (SSSR count). The highest BCUT2D eigenvalue weighted by molar-refractivity contribution is 7.88. The van der Waals surface area contributed by atoms with Crippen molar-refractivity contribution in [3.63, 3.8) is 0 Å². The zero-order chi connectivity index (χ0) is 38.3. The molecule has 1 aliphatic heterocycles. The summed E-state index contributed by atoms with van der Waals surface area (Å²) in [6.07, 6.45) is 15.3. The molecule has 5 aliphatic carbocycles. The lowest BCUT2D eigenvalue weighted by atomic mass is 9.32. The molecule has 6 fully saturated rings. The second-order valence-electron chi connectivity index (χ2n) is 21.2. The standard InChI is InChI=1S/C43H72N2O6S/c1-28(2)30-13-19-43(22-24-45-23-16-29(27-45)44-52(10,49)50)21-20-41(8)31(37(30)43)11-12-33-40(7)17-15-34(39(5,6)32(40)14-18-42(33,41)9)51-36(48)26-38(3,4)25-35(46)47/h29-34,37,44H,1,11-27H2,2-10H3,(H,46,47)/t29?,30-,31+,32-,33+,34-,37+,40-,41+,42+,43+/m0/s1. The molecular formula is C43H72N2O6S. The average Bonchev–Trinajstić information content (AvgIpc) is 3.61. The zero-order valence-corrected chi connectivity index (χ0v) is 34.9. The molecular weight excluding hydrogens is 673 g/mol. The van der Waals surface area contributed by atoms with Crippen molar-refractivity contribution in [1.29, 1.82) is 0 Å². The van der Waals surface area contributed by atoms with E-state index in [1.807, 2.05) is 13.8 Å². The monoisotopic (exact) mass is 745 g/mol. The van der Waals surface area contributed by atoms with Gasteiger partial charge in [-0.1, -0.05) is 60.6 Å². The van der Waals surface area contributed by atoms with E-state index in [0.717, 1.165) is 45.3 Å². The molecule has 0 aromatic rings. The van der Waals surface area contributed by atoms with E-state index < -0.39 is 21.4 Å². The van der Waals surface area contributed by atoms with Gasteiger partial charge in [0.05, 0.1) is 19.1 Å². The van der Waals surface area contributed by atoms with Gasteiger partial charge in [0.1, 0.15) is 6.10 Å². The number of allylic oxidation sites excluding steroid dienone is 1. The molecule has 2 N–H and O–H groups in total. The number of carbonyl (C=O) groups excluding carboxylic acids is 1. The summed E-state index contributed by atoms with van der Waals surface area (Å²) in [5.41, 5.74) is 1.61. The average molecular weight is 745 g/mol. The van der Waals surface area contributed by atoms with Crippen molar-refractivity contribution in [2.45, 2.75) is 157 Å². The molecule has 0 aromatic heterocycles. The molecule has 5 saturated carbocycles. The van der Waals surface area contributed by atoms with Crippen molar-refractivity contribution in [3.8, 4) is 0 Å². The Labute approximate surface area is 316 Å². The molecule has 1 saturated heterocycles. The second kappa shape index (κ2) is 13.6. The minimum Gasteiger partial charge on any atom is -0.481 e. The van der Waals surface area contributed by atoms with E-state index in [0.29, 0.717) is 35.0 Å².